The van der Waals surface area contributed by atoms with E-state index in [-0.39, 0.29) is 17.7 Å². The van der Waals surface area contributed by atoms with E-state index in [9.17, 15) is 4.79 Å². The van der Waals surface area contributed by atoms with Crippen molar-refractivity contribution in [3.8, 4) is 17.5 Å². The molecule has 1 aromatic heterocycles. The van der Waals surface area contributed by atoms with Gasteiger partial charge in [0, 0.05) is 12.2 Å². The van der Waals surface area contributed by atoms with Gasteiger partial charge in [-0.25, -0.2) is 4.79 Å². The first kappa shape index (κ1) is 13.9. The summed E-state index contributed by atoms with van der Waals surface area (Å²) in [7, 11) is 1.54. The number of para-hydroxylation sites is 2. The van der Waals surface area contributed by atoms with Crippen LogP contribution in [0, 0.1) is 0 Å². The van der Waals surface area contributed by atoms with Gasteiger partial charge in [0.25, 0.3) is 0 Å². The SMILES string of the molecule is COc1ccccc1Oc1nc(C(=O)O)cn1C(C)C. The number of hydrogen-bond donors (Lipinski definition) is 1. The van der Waals surface area contributed by atoms with Crippen LogP contribution in [0.3, 0.4) is 0 Å². The van der Waals surface area contributed by atoms with Crippen molar-refractivity contribution < 1.29 is 19.4 Å². The van der Waals surface area contributed by atoms with E-state index in [4.69, 9.17) is 14.6 Å². The lowest BCUT2D eigenvalue weighted by atomic mass is 10.3. The number of rotatable bonds is 5. The molecule has 106 valence electrons. The molecule has 0 aliphatic carbocycles. The molecule has 0 aliphatic rings. The van der Waals surface area contributed by atoms with E-state index in [0.717, 1.165) is 0 Å². The van der Waals surface area contributed by atoms with Crippen molar-refractivity contribution in [2.24, 2.45) is 0 Å². The minimum absolute atomic E-state index is 0.0281. The van der Waals surface area contributed by atoms with Gasteiger partial charge in [-0.2, -0.15) is 4.98 Å². The molecule has 0 aliphatic heterocycles. The maximum absolute atomic E-state index is 11.0. The Morgan fingerprint density at radius 1 is 1.30 bits per heavy atom. The number of ether oxygens (including phenoxy) is 2. The van der Waals surface area contributed by atoms with Crippen LogP contribution in [-0.4, -0.2) is 27.7 Å². The zero-order valence-electron chi connectivity index (χ0n) is 11.5. The minimum atomic E-state index is -1.09. The Labute approximate surface area is 116 Å². The van der Waals surface area contributed by atoms with Gasteiger partial charge >= 0.3 is 12.0 Å². The summed E-state index contributed by atoms with van der Waals surface area (Å²) in [6, 6.07) is 7.37. The van der Waals surface area contributed by atoms with E-state index in [1.54, 1.807) is 29.9 Å². The summed E-state index contributed by atoms with van der Waals surface area (Å²) in [5.74, 6) is -0.0450. The van der Waals surface area contributed by atoms with E-state index < -0.39 is 5.97 Å². The maximum atomic E-state index is 11.0. The molecule has 6 nitrogen and oxygen atoms in total. The summed E-state index contributed by atoms with van der Waals surface area (Å²) in [6.45, 7) is 3.84. The third-order valence-electron chi connectivity index (χ3n) is 2.74. The van der Waals surface area contributed by atoms with Crippen LogP contribution in [0.1, 0.15) is 30.4 Å². The van der Waals surface area contributed by atoms with Gasteiger partial charge in [0.05, 0.1) is 7.11 Å². The molecule has 0 fully saturated rings. The van der Waals surface area contributed by atoms with Crippen LogP contribution in [0.5, 0.6) is 17.5 Å². The number of aromatic nitrogens is 2. The van der Waals surface area contributed by atoms with Crippen LogP contribution in [0.2, 0.25) is 0 Å². The zero-order valence-corrected chi connectivity index (χ0v) is 11.5. The van der Waals surface area contributed by atoms with Crippen LogP contribution >= 0.6 is 0 Å². The Morgan fingerprint density at radius 3 is 2.50 bits per heavy atom. The van der Waals surface area contributed by atoms with E-state index >= 15 is 0 Å². The predicted molar refractivity (Wildman–Crippen MR) is 72.6 cm³/mol. The molecule has 0 unspecified atom stereocenters. The van der Waals surface area contributed by atoms with Gasteiger partial charge in [0.2, 0.25) is 0 Å². The number of carboxylic acids is 1. The quantitative estimate of drug-likeness (QED) is 0.908. The van der Waals surface area contributed by atoms with Crippen LogP contribution in [0.15, 0.2) is 30.5 Å². The summed E-state index contributed by atoms with van der Waals surface area (Å²) < 4.78 is 12.5. The Hall–Kier alpha value is -2.50. The third kappa shape index (κ3) is 2.74. The summed E-state index contributed by atoms with van der Waals surface area (Å²) in [6.07, 6.45) is 1.46. The number of nitrogens with zero attached hydrogens (tertiary/aromatic N) is 2. The van der Waals surface area contributed by atoms with Crippen molar-refractivity contribution in [2.45, 2.75) is 19.9 Å². The Morgan fingerprint density at radius 2 is 1.95 bits per heavy atom. The maximum Gasteiger partial charge on any atom is 0.356 e. The largest absolute Gasteiger partial charge is 0.493 e. The lowest BCUT2D eigenvalue weighted by molar-refractivity contribution is 0.0690. The summed E-state index contributed by atoms with van der Waals surface area (Å²) in [5, 5.41) is 9.02. The van der Waals surface area contributed by atoms with E-state index in [1.807, 2.05) is 19.9 Å². The number of imidazole rings is 1. The Kier molecular flexibility index (Phi) is 3.93. The van der Waals surface area contributed by atoms with Crippen molar-refractivity contribution in [3.05, 3.63) is 36.2 Å². The molecule has 6 heteroatoms. The molecule has 2 aromatic rings. The van der Waals surface area contributed by atoms with E-state index in [2.05, 4.69) is 4.98 Å². The van der Waals surface area contributed by atoms with Crippen molar-refractivity contribution in [2.75, 3.05) is 7.11 Å². The van der Waals surface area contributed by atoms with E-state index in [0.29, 0.717) is 11.5 Å². The topological polar surface area (TPSA) is 73.6 Å². The molecule has 1 heterocycles. The summed E-state index contributed by atoms with van der Waals surface area (Å²) in [4.78, 5) is 15.0. The molecule has 0 bridgehead atoms. The molecule has 1 N–H and O–H groups in total. The molecule has 0 amide bonds. The second-order valence-corrected chi connectivity index (χ2v) is 4.47. The fraction of sp³-hybridized carbons (Fsp3) is 0.286. The lowest BCUT2D eigenvalue weighted by Gasteiger charge is -2.13. The summed E-state index contributed by atoms with van der Waals surface area (Å²) in [5.41, 5.74) is -0.0522. The minimum Gasteiger partial charge on any atom is -0.493 e. The number of hydrogen-bond acceptors (Lipinski definition) is 4. The summed E-state index contributed by atoms with van der Waals surface area (Å²) >= 11 is 0. The van der Waals surface area contributed by atoms with E-state index in [1.165, 1.54) is 6.20 Å². The molecule has 0 saturated carbocycles. The zero-order chi connectivity index (χ0) is 14.7. The Balaban J connectivity index is 2.39. The van der Waals surface area contributed by atoms with Gasteiger partial charge in [-0.1, -0.05) is 12.1 Å². The number of benzene rings is 1. The van der Waals surface area contributed by atoms with Gasteiger partial charge in [-0.05, 0) is 26.0 Å². The second kappa shape index (κ2) is 5.64. The first-order chi connectivity index (χ1) is 9.52. The number of methoxy groups -OCH3 is 1. The average molecular weight is 276 g/mol. The molecule has 0 saturated heterocycles. The monoisotopic (exact) mass is 276 g/mol. The molecule has 0 atom stereocenters. The number of carboxylic acid groups (broad SMARTS) is 1. The molecule has 1 aromatic carbocycles. The Bertz CT molecular complexity index is 619. The van der Waals surface area contributed by atoms with Crippen LogP contribution in [0.4, 0.5) is 0 Å². The van der Waals surface area contributed by atoms with Crippen LogP contribution in [-0.2, 0) is 0 Å². The predicted octanol–water partition coefficient (Wildman–Crippen LogP) is 2.96. The molecular weight excluding hydrogens is 260 g/mol. The first-order valence-corrected chi connectivity index (χ1v) is 6.16. The van der Waals surface area contributed by atoms with Gasteiger partial charge in [0.15, 0.2) is 17.2 Å². The molecule has 0 spiro atoms. The van der Waals surface area contributed by atoms with Crippen LogP contribution < -0.4 is 9.47 Å². The van der Waals surface area contributed by atoms with Crippen molar-refractivity contribution >= 4 is 5.97 Å². The first-order valence-electron chi connectivity index (χ1n) is 6.16. The highest BCUT2D eigenvalue weighted by Gasteiger charge is 2.17. The average Bonchev–Trinajstić information content (AvgIpc) is 2.84. The number of aromatic carboxylic acids is 1. The van der Waals surface area contributed by atoms with Crippen molar-refractivity contribution in [3.63, 3.8) is 0 Å². The van der Waals surface area contributed by atoms with Crippen LogP contribution in [0.25, 0.3) is 0 Å². The fourth-order valence-corrected chi connectivity index (χ4v) is 1.73. The lowest BCUT2D eigenvalue weighted by Crippen LogP contribution is -2.02. The highest BCUT2D eigenvalue weighted by molar-refractivity contribution is 5.85. The van der Waals surface area contributed by atoms with Gasteiger partial charge in [-0.3, -0.25) is 4.57 Å². The van der Waals surface area contributed by atoms with Gasteiger partial charge < -0.3 is 14.6 Å². The van der Waals surface area contributed by atoms with Gasteiger partial charge in [-0.15, -0.1) is 0 Å². The fourth-order valence-electron chi connectivity index (χ4n) is 1.73. The molecule has 2 rings (SSSR count). The van der Waals surface area contributed by atoms with Gasteiger partial charge in [0.1, 0.15) is 0 Å². The smallest absolute Gasteiger partial charge is 0.356 e. The molecule has 0 radical (unpaired) electrons. The van der Waals surface area contributed by atoms with Crippen molar-refractivity contribution in [1.29, 1.82) is 0 Å². The number of carbonyl (C=O) groups is 1. The van der Waals surface area contributed by atoms with Crippen molar-refractivity contribution in [1.82, 2.24) is 9.55 Å². The normalized spacial score (nSPS) is 10.6. The third-order valence-corrected chi connectivity index (χ3v) is 2.74. The second-order valence-electron chi connectivity index (χ2n) is 4.47. The molecule has 20 heavy (non-hydrogen) atoms. The highest BCUT2D eigenvalue weighted by Crippen LogP contribution is 2.31. The molecular formula is C14H16N2O4. The highest BCUT2D eigenvalue weighted by atomic mass is 16.5. The standard InChI is InChI=1S/C14H16N2O4/c1-9(2)16-8-10(13(17)18)15-14(16)20-12-7-5-4-6-11(12)19-3/h4-9H,1-3H3,(H,17,18).